The quantitative estimate of drug-likeness (QED) is 0.688. The molecule has 3 aliphatic heterocycles. The van der Waals surface area contributed by atoms with Crippen molar-refractivity contribution >= 4 is 45.4 Å². The van der Waals surface area contributed by atoms with E-state index in [0.717, 1.165) is 16.1 Å². The Morgan fingerprint density at radius 2 is 1.66 bits per heavy atom. The zero-order valence-corrected chi connectivity index (χ0v) is 19.0. The fraction of sp³-hybridized carbons (Fsp3) is 0.304. The molecule has 0 N–H and O–H groups in total. The number of carbonyl (C=O) groups excluding carboxylic acids is 2. The summed E-state index contributed by atoms with van der Waals surface area (Å²) in [6.07, 6.45) is 2.38. The average molecular weight is 470 g/mol. The minimum absolute atomic E-state index is 0.0388. The molecule has 2 amide bonds. The summed E-state index contributed by atoms with van der Waals surface area (Å²) >= 11 is 1.44. The third kappa shape index (κ3) is 3.54. The Balaban J connectivity index is 1.29. The minimum Gasteiger partial charge on any atom is -0.337 e. The molecule has 0 radical (unpaired) electrons. The fourth-order valence-corrected chi connectivity index (χ4v) is 7.15. The smallest absolute Gasteiger partial charge is 0.259 e. The monoisotopic (exact) mass is 469 g/mol. The van der Waals surface area contributed by atoms with E-state index in [1.165, 1.54) is 21.5 Å². The second-order valence-corrected chi connectivity index (χ2v) is 11.2. The Labute approximate surface area is 191 Å². The van der Waals surface area contributed by atoms with Gasteiger partial charge in [-0.1, -0.05) is 54.2 Å². The second-order valence-electron chi connectivity index (χ2n) is 8.03. The number of amides is 2. The lowest BCUT2D eigenvalue weighted by Gasteiger charge is -2.39. The van der Waals surface area contributed by atoms with Gasteiger partial charge in [0.25, 0.3) is 5.91 Å². The molecule has 0 aromatic heterocycles. The van der Waals surface area contributed by atoms with E-state index < -0.39 is 14.9 Å². The first-order valence-corrected chi connectivity index (χ1v) is 12.9. The van der Waals surface area contributed by atoms with Gasteiger partial charge in [-0.2, -0.15) is 4.31 Å². The van der Waals surface area contributed by atoms with Crippen LogP contribution in [-0.4, -0.2) is 60.5 Å². The molecular formula is C23H23N3O4S2. The number of piperazine rings is 1. The summed E-state index contributed by atoms with van der Waals surface area (Å²) in [4.78, 5) is 29.6. The van der Waals surface area contributed by atoms with Crippen LogP contribution in [0.5, 0.6) is 0 Å². The van der Waals surface area contributed by atoms with Crippen LogP contribution in [0.3, 0.4) is 0 Å². The van der Waals surface area contributed by atoms with Crippen LogP contribution in [-0.2, 0) is 19.6 Å². The maximum atomic E-state index is 13.6. The Morgan fingerprint density at radius 3 is 2.41 bits per heavy atom. The van der Waals surface area contributed by atoms with Crippen LogP contribution < -0.4 is 4.90 Å². The molecule has 5 rings (SSSR count). The van der Waals surface area contributed by atoms with Crippen molar-refractivity contribution < 1.29 is 18.0 Å². The van der Waals surface area contributed by atoms with E-state index in [9.17, 15) is 18.0 Å². The summed E-state index contributed by atoms with van der Waals surface area (Å²) in [5.74, 6) is -0.149. The normalized spacial score (nSPS) is 23.6. The van der Waals surface area contributed by atoms with Crippen molar-refractivity contribution in [1.29, 1.82) is 0 Å². The molecule has 166 valence electrons. The van der Waals surface area contributed by atoms with E-state index in [2.05, 4.69) is 0 Å². The van der Waals surface area contributed by atoms with Gasteiger partial charge in [0.2, 0.25) is 15.9 Å². The molecule has 7 nitrogen and oxygen atoms in total. The maximum absolute atomic E-state index is 13.6. The lowest BCUT2D eigenvalue weighted by molar-refractivity contribution is -0.135. The number of fused-ring (bicyclic) bond motifs is 3. The highest BCUT2D eigenvalue weighted by Gasteiger charge is 2.58. The van der Waals surface area contributed by atoms with Crippen LogP contribution in [0.4, 0.5) is 5.69 Å². The largest absolute Gasteiger partial charge is 0.337 e. The molecule has 1 atom stereocenters. The first kappa shape index (κ1) is 21.2. The fourth-order valence-electron chi connectivity index (χ4n) is 4.49. The van der Waals surface area contributed by atoms with Gasteiger partial charge in [0.15, 0.2) is 4.87 Å². The van der Waals surface area contributed by atoms with Crippen molar-refractivity contribution in [3.63, 3.8) is 0 Å². The van der Waals surface area contributed by atoms with Crippen molar-refractivity contribution in [2.24, 2.45) is 0 Å². The topological polar surface area (TPSA) is 78.0 Å². The Kier molecular flexibility index (Phi) is 5.35. The van der Waals surface area contributed by atoms with E-state index in [1.54, 1.807) is 15.9 Å². The van der Waals surface area contributed by atoms with Crippen molar-refractivity contribution in [2.75, 3.05) is 31.1 Å². The van der Waals surface area contributed by atoms with E-state index in [0.29, 0.717) is 25.9 Å². The number of hydrogen-bond acceptors (Lipinski definition) is 5. The molecule has 2 fully saturated rings. The molecule has 2 aromatic carbocycles. The average Bonchev–Trinajstić information content (AvgIpc) is 3.33. The summed E-state index contributed by atoms with van der Waals surface area (Å²) in [6, 6.07) is 16.9. The molecule has 3 aliphatic rings. The summed E-state index contributed by atoms with van der Waals surface area (Å²) in [5, 5.41) is 1.22. The molecule has 1 unspecified atom stereocenters. The number of benzene rings is 2. The van der Waals surface area contributed by atoms with Crippen LogP contribution in [0.15, 0.2) is 64.9 Å². The number of rotatable bonds is 4. The van der Waals surface area contributed by atoms with Gasteiger partial charge in [0.1, 0.15) is 0 Å². The Hall–Kier alpha value is -2.62. The van der Waals surface area contributed by atoms with E-state index in [-0.39, 0.29) is 24.9 Å². The SMILES string of the molecule is O=C1CCC2(C(=O)N3CCN(S(=O)(=O)/C=C/c4ccccc4)CC3)Sc3ccccc3N12. The second kappa shape index (κ2) is 8.06. The maximum Gasteiger partial charge on any atom is 0.259 e. The molecule has 9 heteroatoms. The van der Waals surface area contributed by atoms with Crippen molar-refractivity contribution in [3.05, 3.63) is 65.6 Å². The molecule has 0 aliphatic carbocycles. The van der Waals surface area contributed by atoms with Crippen LogP contribution in [0.1, 0.15) is 18.4 Å². The van der Waals surface area contributed by atoms with E-state index in [1.807, 2.05) is 54.6 Å². The Morgan fingerprint density at radius 1 is 0.969 bits per heavy atom. The number of thioether (sulfide) groups is 1. The van der Waals surface area contributed by atoms with Crippen LogP contribution in [0.25, 0.3) is 6.08 Å². The van der Waals surface area contributed by atoms with Crippen molar-refractivity contribution in [1.82, 2.24) is 9.21 Å². The predicted molar refractivity (Wildman–Crippen MR) is 124 cm³/mol. The van der Waals surface area contributed by atoms with Gasteiger partial charge < -0.3 is 4.90 Å². The first-order chi connectivity index (χ1) is 15.4. The highest BCUT2D eigenvalue weighted by Crippen LogP contribution is 2.56. The van der Waals surface area contributed by atoms with E-state index in [4.69, 9.17) is 0 Å². The lowest BCUT2D eigenvalue weighted by atomic mass is 10.1. The third-order valence-electron chi connectivity index (χ3n) is 6.13. The predicted octanol–water partition coefficient (Wildman–Crippen LogP) is 2.76. The minimum atomic E-state index is -3.58. The molecule has 32 heavy (non-hydrogen) atoms. The van der Waals surface area contributed by atoms with Gasteiger partial charge >= 0.3 is 0 Å². The van der Waals surface area contributed by atoms with Gasteiger partial charge in [0.05, 0.1) is 5.69 Å². The molecule has 2 saturated heterocycles. The molecule has 0 spiro atoms. The van der Waals surface area contributed by atoms with Gasteiger partial charge in [-0.3, -0.25) is 14.5 Å². The summed E-state index contributed by atoms with van der Waals surface area (Å²) in [5.41, 5.74) is 1.61. The number of nitrogens with zero attached hydrogens (tertiary/aromatic N) is 3. The molecule has 0 bridgehead atoms. The van der Waals surface area contributed by atoms with Gasteiger partial charge in [-0.05, 0) is 30.2 Å². The number of para-hydroxylation sites is 1. The highest BCUT2D eigenvalue weighted by atomic mass is 32.2. The summed E-state index contributed by atoms with van der Waals surface area (Å²) in [7, 11) is -3.58. The van der Waals surface area contributed by atoms with Crippen LogP contribution in [0, 0.1) is 0 Å². The standard InChI is InChI=1S/C23H23N3O4S2/c27-21-10-12-23(26(21)19-8-4-5-9-20(19)31-23)22(28)24-13-15-25(16-14-24)32(29,30)17-11-18-6-2-1-3-7-18/h1-9,11,17H,10,12-16H2/b17-11+. The van der Waals surface area contributed by atoms with Gasteiger partial charge in [0, 0.05) is 42.9 Å². The first-order valence-electron chi connectivity index (χ1n) is 10.5. The molecule has 2 aromatic rings. The molecule has 0 saturated carbocycles. The zero-order chi connectivity index (χ0) is 22.3. The van der Waals surface area contributed by atoms with Crippen molar-refractivity contribution in [3.8, 4) is 0 Å². The third-order valence-corrected chi connectivity index (χ3v) is 9.15. The number of carbonyl (C=O) groups is 2. The van der Waals surface area contributed by atoms with Crippen LogP contribution >= 0.6 is 11.8 Å². The summed E-state index contributed by atoms with van der Waals surface area (Å²) < 4.78 is 26.9. The Bertz CT molecular complexity index is 1190. The zero-order valence-electron chi connectivity index (χ0n) is 17.4. The number of sulfonamides is 1. The molecular weight excluding hydrogens is 446 g/mol. The van der Waals surface area contributed by atoms with E-state index >= 15 is 0 Å². The van der Waals surface area contributed by atoms with Crippen LogP contribution in [0.2, 0.25) is 0 Å². The molecule has 3 heterocycles. The van der Waals surface area contributed by atoms with Crippen molar-refractivity contribution in [2.45, 2.75) is 22.6 Å². The highest BCUT2D eigenvalue weighted by molar-refractivity contribution is 8.02. The number of anilines is 1. The lowest BCUT2D eigenvalue weighted by Crippen LogP contribution is -2.58. The van der Waals surface area contributed by atoms with Gasteiger partial charge in [-0.25, -0.2) is 8.42 Å². The summed E-state index contributed by atoms with van der Waals surface area (Å²) in [6.45, 7) is 1.07. The number of hydrogen-bond donors (Lipinski definition) is 0. The van der Waals surface area contributed by atoms with Gasteiger partial charge in [-0.15, -0.1) is 0 Å².